The molecule has 1 aliphatic heterocycles. The van der Waals surface area contributed by atoms with Gasteiger partial charge in [-0.15, -0.1) is 5.10 Å². The van der Waals surface area contributed by atoms with Gasteiger partial charge in [-0.25, -0.2) is 17.3 Å². The lowest BCUT2D eigenvalue weighted by molar-refractivity contribution is 0.0950. The van der Waals surface area contributed by atoms with Crippen LogP contribution in [0.4, 0.5) is 5.69 Å². The van der Waals surface area contributed by atoms with E-state index in [1.807, 2.05) is 30.3 Å². The molecule has 36 heavy (non-hydrogen) atoms. The quantitative estimate of drug-likeness (QED) is 0.360. The summed E-state index contributed by atoms with van der Waals surface area (Å²) in [6.07, 6.45) is 4.56. The molecule has 0 spiro atoms. The van der Waals surface area contributed by atoms with Gasteiger partial charge in [-0.1, -0.05) is 35.5 Å². The molecule has 0 saturated carbocycles. The maximum atomic E-state index is 12.7. The third-order valence-electron chi connectivity index (χ3n) is 5.73. The van der Waals surface area contributed by atoms with Crippen LogP contribution in [0.3, 0.4) is 0 Å². The zero-order chi connectivity index (χ0) is 25.5. The van der Waals surface area contributed by atoms with E-state index >= 15 is 0 Å². The average Bonchev–Trinajstić information content (AvgIpc) is 3.36. The van der Waals surface area contributed by atoms with E-state index in [-0.39, 0.29) is 18.5 Å². The van der Waals surface area contributed by atoms with Crippen LogP contribution in [0.5, 0.6) is 0 Å². The molecule has 4 rings (SSSR count). The highest BCUT2D eigenvalue weighted by molar-refractivity contribution is 7.92. The van der Waals surface area contributed by atoms with Crippen molar-refractivity contribution in [3.63, 3.8) is 0 Å². The summed E-state index contributed by atoms with van der Waals surface area (Å²) in [6, 6.07) is 15.4. The number of benzene rings is 2. The summed E-state index contributed by atoms with van der Waals surface area (Å²) in [6.45, 7) is 0.941. The lowest BCUT2D eigenvalue weighted by Crippen LogP contribution is -2.38. The van der Waals surface area contributed by atoms with E-state index in [4.69, 9.17) is 4.55 Å². The molecule has 1 aliphatic rings. The topological polar surface area (TPSA) is 147 Å². The molecular weight excluding hydrogens is 504 g/mol. The Morgan fingerprint density at radius 3 is 2.47 bits per heavy atom. The van der Waals surface area contributed by atoms with Gasteiger partial charge < -0.3 is 5.32 Å². The largest absolute Gasteiger partial charge is 0.346 e. The molecule has 1 fully saturated rings. The first-order valence-corrected chi connectivity index (χ1v) is 13.8. The van der Waals surface area contributed by atoms with E-state index < -0.39 is 21.3 Å². The molecule has 3 N–H and O–H groups in total. The van der Waals surface area contributed by atoms with E-state index in [9.17, 15) is 17.4 Å². The van der Waals surface area contributed by atoms with Crippen molar-refractivity contribution in [3.05, 3.63) is 83.0 Å². The smallest absolute Gasteiger partial charge is 0.259 e. The average molecular weight is 531 g/mol. The Balaban J connectivity index is 1.27. The summed E-state index contributed by atoms with van der Waals surface area (Å²) in [5.41, 5.74) is 2.22. The predicted octanol–water partition coefficient (Wildman–Crippen LogP) is 2.39. The van der Waals surface area contributed by atoms with Gasteiger partial charge in [0.1, 0.15) is 5.69 Å². The van der Waals surface area contributed by atoms with E-state index in [1.165, 1.54) is 34.0 Å². The van der Waals surface area contributed by atoms with Crippen LogP contribution >= 0.6 is 0 Å². The predicted molar refractivity (Wildman–Crippen MR) is 136 cm³/mol. The summed E-state index contributed by atoms with van der Waals surface area (Å²) in [7, 11) is -3.51. The number of aromatic nitrogens is 3. The van der Waals surface area contributed by atoms with Crippen LogP contribution in [0.1, 0.15) is 40.5 Å². The number of piperidine rings is 1. The van der Waals surface area contributed by atoms with Crippen LogP contribution in [-0.2, 0) is 27.8 Å². The Labute approximate surface area is 211 Å². The van der Waals surface area contributed by atoms with Gasteiger partial charge in [0.2, 0.25) is 10.0 Å². The minimum absolute atomic E-state index is 0.0172. The second kappa shape index (κ2) is 11.6. The number of amides is 1. The monoisotopic (exact) mass is 530 g/mol. The van der Waals surface area contributed by atoms with E-state index in [2.05, 4.69) is 20.4 Å². The molecule has 1 atom stereocenters. The van der Waals surface area contributed by atoms with E-state index in [1.54, 1.807) is 17.0 Å². The van der Waals surface area contributed by atoms with Crippen LogP contribution in [0.25, 0.3) is 6.08 Å². The third kappa shape index (κ3) is 6.85. The Hall–Kier alpha value is -3.39. The van der Waals surface area contributed by atoms with Gasteiger partial charge >= 0.3 is 0 Å². The second-order valence-corrected chi connectivity index (χ2v) is 10.7. The van der Waals surface area contributed by atoms with Gasteiger partial charge in [-0.3, -0.25) is 14.1 Å². The van der Waals surface area contributed by atoms with Crippen molar-refractivity contribution in [2.24, 2.45) is 0 Å². The van der Waals surface area contributed by atoms with Gasteiger partial charge in [0.05, 0.1) is 18.8 Å². The molecule has 13 heteroatoms. The van der Waals surface area contributed by atoms with Crippen molar-refractivity contribution >= 4 is 39.0 Å². The molecule has 1 saturated heterocycles. The molecule has 2 aromatic carbocycles. The fourth-order valence-electron chi connectivity index (χ4n) is 3.81. The highest BCUT2D eigenvalue weighted by atomic mass is 32.2. The lowest BCUT2D eigenvalue weighted by Gasteiger charge is -2.30. The number of carbonyl (C=O) groups excluding carboxylic acids is 1. The number of anilines is 1. The molecule has 2 heterocycles. The third-order valence-corrected chi connectivity index (χ3v) is 7.70. The maximum absolute atomic E-state index is 12.7. The second-order valence-electron chi connectivity index (χ2n) is 8.19. The van der Waals surface area contributed by atoms with Crippen LogP contribution in [0.2, 0.25) is 0 Å². The summed E-state index contributed by atoms with van der Waals surface area (Å²) < 4.78 is 50.5. The number of nitrogens with zero attached hydrogens (tertiary/aromatic N) is 4. The van der Waals surface area contributed by atoms with Crippen LogP contribution in [-0.4, -0.2) is 55.5 Å². The number of nitrogens with one attached hydrogen (secondary N) is 2. The van der Waals surface area contributed by atoms with Crippen molar-refractivity contribution in [1.29, 1.82) is 0 Å². The summed E-state index contributed by atoms with van der Waals surface area (Å²) in [4.78, 5) is 12.4. The Morgan fingerprint density at radius 2 is 1.81 bits per heavy atom. The molecular formula is C23H26N6O5S2. The zero-order valence-electron chi connectivity index (χ0n) is 19.2. The van der Waals surface area contributed by atoms with Crippen molar-refractivity contribution in [1.82, 2.24) is 24.6 Å². The zero-order valence-corrected chi connectivity index (χ0v) is 20.9. The normalized spacial score (nSPS) is 16.1. The molecule has 1 amide bonds. The minimum atomic E-state index is -3.51. The SMILES string of the molecule is O=C(NCc1cn(C2CCN(S(=O)(=O)/C=C/c3ccccc3)CC2)nn1)c1ccc(NS(=O)O)cc1. The fraction of sp³-hybridized carbons (Fsp3) is 0.261. The number of hydrogen-bond donors (Lipinski definition) is 3. The minimum Gasteiger partial charge on any atom is -0.346 e. The molecule has 1 aromatic heterocycles. The molecule has 190 valence electrons. The summed E-state index contributed by atoms with van der Waals surface area (Å²) in [5, 5.41) is 12.3. The Morgan fingerprint density at radius 1 is 1.11 bits per heavy atom. The van der Waals surface area contributed by atoms with Crippen molar-refractivity contribution in [2.75, 3.05) is 17.8 Å². The molecule has 0 aliphatic carbocycles. The molecule has 0 radical (unpaired) electrons. The first-order chi connectivity index (χ1) is 17.3. The highest BCUT2D eigenvalue weighted by Gasteiger charge is 2.27. The molecule has 0 bridgehead atoms. The van der Waals surface area contributed by atoms with Crippen molar-refractivity contribution < 1.29 is 22.0 Å². The standard InChI is InChI=1S/C23H26N6O5S2/c30-23(19-6-8-20(9-7-19)26-35(31)32)24-16-21-17-29(27-25-21)22-10-13-28(14-11-22)36(33,34)15-12-18-4-2-1-3-5-18/h1-9,12,15,17,22,26H,10-11,13-14,16H2,(H,24,30)(H,31,32)/b15-12+. The van der Waals surface area contributed by atoms with Gasteiger partial charge in [0.25, 0.3) is 17.2 Å². The van der Waals surface area contributed by atoms with Crippen LogP contribution < -0.4 is 10.0 Å². The number of sulfonamides is 1. The first kappa shape index (κ1) is 25.7. The van der Waals surface area contributed by atoms with E-state index in [0.717, 1.165) is 5.56 Å². The van der Waals surface area contributed by atoms with Gasteiger partial charge in [0, 0.05) is 29.7 Å². The van der Waals surface area contributed by atoms with Crippen LogP contribution in [0.15, 0.2) is 66.2 Å². The van der Waals surface area contributed by atoms with Crippen LogP contribution in [0, 0.1) is 0 Å². The molecule has 1 unspecified atom stereocenters. The lowest BCUT2D eigenvalue weighted by atomic mass is 10.1. The van der Waals surface area contributed by atoms with Gasteiger partial charge in [0.15, 0.2) is 0 Å². The molecule has 3 aromatic rings. The number of hydrogen-bond acceptors (Lipinski definition) is 6. The van der Waals surface area contributed by atoms with Crippen molar-refractivity contribution in [2.45, 2.75) is 25.4 Å². The number of rotatable bonds is 9. The summed E-state index contributed by atoms with van der Waals surface area (Å²) in [5.74, 6) is -0.316. The first-order valence-electron chi connectivity index (χ1n) is 11.2. The summed E-state index contributed by atoms with van der Waals surface area (Å²) >= 11 is -2.18. The Bertz CT molecular complexity index is 1330. The maximum Gasteiger partial charge on any atom is 0.259 e. The number of carbonyl (C=O) groups is 1. The van der Waals surface area contributed by atoms with Crippen molar-refractivity contribution in [3.8, 4) is 0 Å². The van der Waals surface area contributed by atoms with E-state index in [0.29, 0.717) is 42.9 Å². The van der Waals surface area contributed by atoms with Gasteiger partial charge in [-0.2, -0.15) is 4.31 Å². The molecule has 11 nitrogen and oxygen atoms in total. The Kier molecular flexibility index (Phi) is 8.25. The highest BCUT2D eigenvalue weighted by Crippen LogP contribution is 2.24. The van der Waals surface area contributed by atoms with Gasteiger partial charge in [-0.05, 0) is 48.7 Å². The fourth-order valence-corrected chi connectivity index (χ4v) is 5.37.